The van der Waals surface area contributed by atoms with Crippen LogP contribution in [0.2, 0.25) is 5.02 Å². The Morgan fingerprint density at radius 1 is 0.857 bits per heavy atom. The topological polar surface area (TPSA) is 85.2 Å². The lowest BCUT2D eigenvalue weighted by Crippen LogP contribution is -2.34. The molecule has 0 radical (unpaired) electrons. The molecule has 172 valence electrons. The number of benzene rings is 3. The maximum Gasteiger partial charge on any atom is 0.345 e. The SMILES string of the molecule is Cc1cc2oc(=O)ccc2cc1N1C(c2ccccc2)=NOC1c1cc2ccc(Cl)cc2oc1=O. The van der Waals surface area contributed by atoms with Crippen molar-refractivity contribution in [2.75, 3.05) is 4.90 Å². The number of halogens is 1. The van der Waals surface area contributed by atoms with Gasteiger partial charge in [0.25, 0.3) is 0 Å². The van der Waals surface area contributed by atoms with Crippen molar-refractivity contribution in [2.24, 2.45) is 5.16 Å². The predicted octanol–water partition coefficient (Wildman–Crippen LogP) is 5.76. The Morgan fingerprint density at radius 3 is 2.43 bits per heavy atom. The molecule has 1 unspecified atom stereocenters. The van der Waals surface area contributed by atoms with Crippen LogP contribution in [0.4, 0.5) is 5.69 Å². The molecule has 1 atom stereocenters. The van der Waals surface area contributed by atoms with Gasteiger partial charge in [-0.15, -0.1) is 0 Å². The highest BCUT2D eigenvalue weighted by molar-refractivity contribution is 6.31. The van der Waals surface area contributed by atoms with Gasteiger partial charge in [0.1, 0.15) is 16.7 Å². The fourth-order valence-corrected chi connectivity index (χ4v) is 4.42. The monoisotopic (exact) mass is 484 g/mol. The van der Waals surface area contributed by atoms with Gasteiger partial charge in [0.05, 0.1) is 5.69 Å². The number of rotatable bonds is 3. The van der Waals surface area contributed by atoms with E-state index in [1.54, 1.807) is 36.4 Å². The van der Waals surface area contributed by atoms with Crippen molar-refractivity contribution in [3.63, 3.8) is 0 Å². The van der Waals surface area contributed by atoms with E-state index in [4.69, 9.17) is 25.3 Å². The Labute approximate surface area is 203 Å². The Hall–Kier alpha value is -4.36. The summed E-state index contributed by atoms with van der Waals surface area (Å²) in [5, 5.41) is 6.26. The summed E-state index contributed by atoms with van der Waals surface area (Å²) in [6.45, 7) is 1.89. The molecule has 7 nitrogen and oxygen atoms in total. The van der Waals surface area contributed by atoms with Crippen LogP contribution in [0.25, 0.3) is 21.9 Å². The molecule has 0 amide bonds. The largest absolute Gasteiger partial charge is 0.423 e. The van der Waals surface area contributed by atoms with Gasteiger partial charge in [0, 0.05) is 33.5 Å². The number of anilines is 1. The predicted molar refractivity (Wildman–Crippen MR) is 134 cm³/mol. The van der Waals surface area contributed by atoms with Gasteiger partial charge in [-0.05, 0) is 48.9 Å². The van der Waals surface area contributed by atoms with E-state index in [1.807, 2.05) is 48.2 Å². The molecule has 3 heterocycles. The van der Waals surface area contributed by atoms with Crippen molar-refractivity contribution in [1.29, 1.82) is 0 Å². The third-order valence-electron chi connectivity index (χ3n) is 5.92. The molecule has 1 aliphatic heterocycles. The zero-order chi connectivity index (χ0) is 24.1. The van der Waals surface area contributed by atoms with Crippen molar-refractivity contribution in [3.8, 4) is 0 Å². The molecule has 5 aromatic rings. The molecule has 0 bridgehead atoms. The number of hydrogen-bond donors (Lipinski definition) is 0. The molecule has 0 saturated heterocycles. The first kappa shape index (κ1) is 21.2. The second-order valence-electron chi connectivity index (χ2n) is 8.21. The molecule has 0 aliphatic carbocycles. The highest BCUT2D eigenvalue weighted by Crippen LogP contribution is 2.38. The van der Waals surface area contributed by atoms with Gasteiger partial charge in [0.2, 0.25) is 6.23 Å². The third-order valence-corrected chi connectivity index (χ3v) is 6.16. The summed E-state index contributed by atoms with van der Waals surface area (Å²) in [4.78, 5) is 32.5. The highest BCUT2D eigenvalue weighted by Gasteiger charge is 2.37. The summed E-state index contributed by atoms with van der Waals surface area (Å²) >= 11 is 6.06. The van der Waals surface area contributed by atoms with Crippen LogP contribution in [0.3, 0.4) is 0 Å². The summed E-state index contributed by atoms with van der Waals surface area (Å²) in [6, 6.07) is 23.1. The highest BCUT2D eigenvalue weighted by atomic mass is 35.5. The molecule has 1 aliphatic rings. The molecule has 35 heavy (non-hydrogen) atoms. The van der Waals surface area contributed by atoms with Crippen LogP contribution in [-0.4, -0.2) is 5.84 Å². The minimum Gasteiger partial charge on any atom is -0.423 e. The zero-order valence-corrected chi connectivity index (χ0v) is 19.2. The lowest BCUT2D eigenvalue weighted by atomic mass is 10.1. The van der Waals surface area contributed by atoms with Gasteiger partial charge in [-0.1, -0.05) is 47.1 Å². The standard InChI is InChI=1S/C27H17ClN2O5/c1-15-11-22-18(8-10-24(31)33-22)13-21(15)30-25(16-5-3-2-4-6-16)29-35-26(30)20-12-17-7-9-19(28)14-23(17)34-27(20)32/h2-14,26H,1H3. The molecule has 0 fully saturated rings. The smallest absolute Gasteiger partial charge is 0.345 e. The molecule has 2 aromatic heterocycles. The van der Waals surface area contributed by atoms with E-state index in [2.05, 4.69) is 5.16 Å². The summed E-state index contributed by atoms with van der Waals surface area (Å²) in [5.74, 6) is 0.533. The first-order chi connectivity index (χ1) is 17.0. The van der Waals surface area contributed by atoms with E-state index in [1.165, 1.54) is 6.07 Å². The first-order valence-corrected chi connectivity index (χ1v) is 11.2. The Kier molecular flexibility index (Phi) is 4.93. The van der Waals surface area contributed by atoms with E-state index in [9.17, 15) is 9.59 Å². The maximum absolute atomic E-state index is 13.1. The number of hydrogen-bond acceptors (Lipinski definition) is 7. The van der Waals surface area contributed by atoms with E-state index in [0.29, 0.717) is 27.4 Å². The van der Waals surface area contributed by atoms with E-state index in [-0.39, 0.29) is 5.56 Å². The van der Waals surface area contributed by atoms with Crippen molar-refractivity contribution in [2.45, 2.75) is 13.2 Å². The van der Waals surface area contributed by atoms with Crippen LogP contribution in [0, 0.1) is 6.92 Å². The van der Waals surface area contributed by atoms with Crippen molar-refractivity contribution >= 4 is 45.1 Å². The fraction of sp³-hybridized carbons (Fsp3) is 0.0741. The van der Waals surface area contributed by atoms with Gasteiger partial charge >= 0.3 is 11.3 Å². The minimum atomic E-state index is -0.881. The average Bonchev–Trinajstić information content (AvgIpc) is 3.28. The molecular weight excluding hydrogens is 468 g/mol. The molecule has 6 rings (SSSR count). The summed E-state index contributed by atoms with van der Waals surface area (Å²) in [5.41, 5.74) is 2.53. The Bertz CT molecular complexity index is 1760. The van der Waals surface area contributed by atoms with E-state index >= 15 is 0 Å². The van der Waals surface area contributed by atoms with Gasteiger partial charge in [-0.2, -0.15) is 0 Å². The summed E-state index contributed by atoms with van der Waals surface area (Å²) in [6.07, 6.45) is -0.881. The first-order valence-electron chi connectivity index (χ1n) is 10.8. The molecule has 0 spiro atoms. The van der Waals surface area contributed by atoms with Gasteiger partial charge in [0.15, 0.2) is 5.84 Å². The Balaban J connectivity index is 1.56. The lowest BCUT2D eigenvalue weighted by Gasteiger charge is -2.27. The van der Waals surface area contributed by atoms with Gasteiger partial charge in [-0.3, -0.25) is 4.90 Å². The van der Waals surface area contributed by atoms with E-state index < -0.39 is 17.5 Å². The molecule has 8 heteroatoms. The molecule has 0 saturated carbocycles. The number of oxime groups is 1. The second kappa shape index (κ2) is 8.14. The molecular formula is C27H17ClN2O5. The van der Waals surface area contributed by atoms with Crippen LogP contribution in [0.15, 0.2) is 102 Å². The normalized spacial score (nSPS) is 15.4. The fourth-order valence-electron chi connectivity index (χ4n) is 4.26. The summed E-state index contributed by atoms with van der Waals surface area (Å²) in [7, 11) is 0. The minimum absolute atomic E-state index is 0.286. The summed E-state index contributed by atoms with van der Waals surface area (Å²) < 4.78 is 10.9. The van der Waals surface area contributed by atoms with Crippen molar-refractivity contribution in [3.05, 3.63) is 121 Å². The van der Waals surface area contributed by atoms with Crippen LogP contribution < -0.4 is 16.2 Å². The molecule has 3 aromatic carbocycles. The number of amidine groups is 1. The van der Waals surface area contributed by atoms with Crippen LogP contribution in [0.5, 0.6) is 0 Å². The number of nitrogens with zero attached hydrogens (tertiary/aromatic N) is 2. The quantitative estimate of drug-likeness (QED) is 0.303. The van der Waals surface area contributed by atoms with Crippen molar-refractivity contribution in [1.82, 2.24) is 0 Å². The average molecular weight is 485 g/mol. The van der Waals surface area contributed by atoms with Crippen LogP contribution >= 0.6 is 11.6 Å². The van der Waals surface area contributed by atoms with Crippen LogP contribution in [0.1, 0.15) is 22.9 Å². The lowest BCUT2D eigenvalue weighted by molar-refractivity contribution is 0.0844. The number of aryl methyl sites for hydroxylation is 1. The second-order valence-corrected chi connectivity index (χ2v) is 8.65. The zero-order valence-electron chi connectivity index (χ0n) is 18.4. The third kappa shape index (κ3) is 3.66. The van der Waals surface area contributed by atoms with Crippen LogP contribution in [-0.2, 0) is 4.84 Å². The molecule has 0 N–H and O–H groups in total. The Morgan fingerprint density at radius 2 is 1.60 bits per heavy atom. The van der Waals surface area contributed by atoms with Crippen molar-refractivity contribution < 1.29 is 13.7 Å². The maximum atomic E-state index is 13.1. The van der Waals surface area contributed by atoms with E-state index in [0.717, 1.165) is 22.2 Å². The van der Waals surface area contributed by atoms with Gasteiger partial charge in [-0.25, -0.2) is 9.59 Å². The van der Waals surface area contributed by atoms with Gasteiger partial charge < -0.3 is 13.7 Å². The number of fused-ring (bicyclic) bond motifs is 2.